The number of amides is 1. The van der Waals surface area contributed by atoms with Gasteiger partial charge in [0.05, 0.1) is 18.9 Å². The molecule has 3 rings (SSSR count). The lowest BCUT2D eigenvalue weighted by Gasteiger charge is -2.30. The van der Waals surface area contributed by atoms with Gasteiger partial charge in [-0.15, -0.1) is 0 Å². The zero-order chi connectivity index (χ0) is 21.3. The van der Waals surface area contributed by atoms with Gasteiger partial charge in [-0.05, 0) is 68.1 Å². The van der Waals surface area contributed by atoms with Crippen molar-refractivity contribution < 1.29 is 24.2 Å². The van der Waals surface area contributed by atoms with Crippen LogP contribution >= 0.6 is 0 Å². The van der Waals surface area contributed by atoms with Crippen molar-refractivity contribution in [1.82, 2.24) is 0 Å². The molecule has 0 heterocycles. The number of nitrogens with zero attached hydrogens (tertiary/aromatic N) is 1. The molecule has 1 aromatic rings. The third kappa shape index (κ3) is 6.46. The van der Waals surface area contributed by atoms with E-state index in [4.69, 9.17) is 14.6 Å². The molecule has 30 heavy (non-hydrogen) atoms. The first-order valence-corrected chi connectivity index (χ1v) is 10.7. The van der Waals surface area contributed by atoms with Crippen LogP contribution in [0.3, 0.4) is 0 Å². The van der Waals surface area contributed by atoms with Crippen molar-refractivity contribution in [2.24, 2.45) is 17.8 Å². The van der Waals surface area contributed by atoms with E-state index in [9.17, 15) is 9.59 Å². The molecule has 0 spiro atoms. The molecule has 2 aliphatic carbocycles. The first kappa shape index (κ1) is 22.1. The molecule has 0 aromatic heterocycles. The highest BCUT2D eigenvalue weighted by Crippen LogP contribution is 2.31. The van der Waals surface area contributed by atoms with E-state index in [0.29, 0.717) is 31.0 Å². The Labute approximate surface area is 178 Å². The molecular weight excluding hydrogens is 382 g/mol. The monoisotopic (exact) mass is 413 g/mol. The Morgan fingerprint density at radius 1 is 1.07 bits per heavy atom. The summed E-state index contributed by atoms with van der Waals surface area (Å²) in [7, 11) is 0. The number of benzene rings is 1. The van der Waals surface area contributed by atoms with Crippen LogP contribution < -0.4 is 4.90 Å². The van der Waals surface area contributed by atoms with Gasteiger partial charge in [-0.25, -0.2) is 9.59 Å². The Morgan fingerprint density at radius 2 is 1.73 bits per heavy atom. The fourth-order valence-electron chi connectivity index (χ4n) is 4.09. The first-order chi connectivity index (χ1) is 14.5. The average molecular weight is 414 g/mol. The fourth-order valence-corrected chi connectivity index (χ4v) is 4.09. The van der Waals surface area contributed by atoms with Crippen molar-refractivity contribution in [2.45, 2.75) is 39.0 Å². The molecule has 0 saturated heterocycles. The molecule has 0 radical (unpaired) electrons. The van der Waals surface area contributed by atoms with Crippen molar-refractivity contribution in [3.05, 3.63) is 54.3 Å². The third-order valence-corrected chi connectivity index (χ3v) is 5.73. The quantitative estimate of drug-likeness (QED) is 0.648. The van der Waals surface area contributed by atoms with E-state index in [0.717, 1.165) is 43.5 Å². The summed E-state index contributed by atoms with van der Waals surface area (Å²) in [6.45, 7) is 2.79. The molecule has 0 aliphatic heterocycles. The van der Waals surface area contributed by atoms with Crippen LogP contribution in [-0.2, 0) is 14.3 Å². The van der Waals surface area contributed by atoms with E-state index >= 15 is 0 Å². The van der Waals surface area contributed by atoms with Gasteiger partial charge in [0.1, 0.15) is 6.61 Å². The Morgan fingerprint density at radius 3 is 2.37 bits per heavy atom. The van der Waals surface area contributed by atoms with Gasteiger partial charge in [-0.3, -0.25) is 4.90 Å². The molecule has 1 fully saturated rings. The number of aliphatic carboxylic acids is 1. The Hall–Kier alpha value is -2.60. The number of rotatable bonds is 8. The highest BCUT2D eigenvalue weighted by Gasteiger charge is 2.26. The van der Waals surface area contributed by atoms with Crippen LogP contribution in [0.25, 0.3) is 0 Å². The Kier molecular flexibility index (Phi) is 8.08. The van der Waals surface area contributed by atoms with Gasteiger partial charge in [0.25, 0.3) is 0 Å². The topological polar surface area (TPSA) is 76.1 Å². The smallest absolute Gasteiger partial charge is 0.418 e. The minimum absolute atomic E-state index is 0.240. The summed E-state index contributed by atoms with van der Waals surface area (Å²) in [6, 6.07) is 9.63. The van der Waals surface area contributed by atoms with Crippen LogP contribution in [0.2, 0.25) is 0 Å². The second-order valence-corrected chi connectivity index (χ2v) is 8.27. The number of carbonyl (C=O) groups excluding carboxylic acids is 1. The number of anilines is 1. The number of para-hydroxylation sites is 1. The molecule has 1 aromatic carbocycles. The van der Waals surface area contributed by atoms with Crippen molar-refractivity contribution >= 4 is 17.7 Å². The molecule has 1 unspecified atom stereocenters. The van der Waals surface area contributed by atoms with Gasteiger partial charge in [0.15, 0.2) is 0 Å². The number of carbonyl (C=O) groups is 2. The van der Waals surface area contributed by atoms with E-state index in [1.54, 1.807) is 4.90 Å². The molecule has 1 atom stereocenters. The summed E-state index contributed by atoms with van der Waals surface area (Å²) < 4.78 is 11.0. The second-order valence-electron chi connectivity index (χ2n) is 8.27. The van der Waals surface area contributed by atoms with Crippen LogP contribution in [0, 0.1) is 17.8 Å². The van der Waals surface area contributed by atoms with Crippen LogP contribution in [0.4, 0.5) is 10.5 Å². The van der Waals surface area contributed by atoms with Gasteiger partial charge in [-0.1, -0.05) is 37.3 Å². The molecule has 1 amide bonds. The second kappa shape index (κ2) is 11.0. The lowest BCUT2D eigenvalue weighted by atomic mass is 9.83. The maximum atomic E-state index is 13.0. The van der Waals surface area contributed by atoms with Gasteiger partial charge >= 0.3 is 12.1 Å². The standard InChI is InChI=1S/C24H31NO5/c1-18-6-5-9-22(14-18)25(21-7-3-2-4-8-21)24(28)30-16-20-12-10-19(11-13-20)15-29-17-23(26)27/h2-9,18-20H,10-17H2,1H3,(H,26,27)/t18?,19-,20+. The van der Waals surface area contributed by atoms with Crippen molar-refractivity contribution in [1.29, 1.82) is 0 Å². The number of hydrogen-bond donors (Lipinski definition) is 1. The first-order valence-electron chi connectivity index (χ1n) is 10.7. The largest absolute Gasteiger partial charge is 0.480 e. The lowest BCUT2D eigenvalue weighted by molar-refractivity contribution is -0.142. The summed E-state index contributed by atoms with van der Waals surface area (Å²) in [4.78, 5) is 25.3. The van der Waals surface area contributed by atoms with E-state index < -0.39 is 5.97 Å². The summed E-state index contributed by atoms with van der Waals surface area (Å²) in [5.41, 5.74) is 1.76. The highest BCUT2D eigenvalue weighted by molar-refractivity contribution is 5.91. The van der Waals surface area contributed by atoms with Crippen LogP contribution in [0.15, 0.2) is 54.3 Å². The molecule has 6 heteroatoms. The van der Waals surface area contributed by atoms with Gasteiger partial charge in [0.2, 0.25) is 0 Å². The molecule has 1 saturated carbocycles. The van der Waals surface area contributed by atoms with Crippen molar-refractivity contribution in [2.75, 3.05) is 24.7 Å². The van der Waals surface area contributed by atoms with Gasteiger partial charge < -0.3 is 14.6 Å². The van der Waals surface area contributed by atoms with E-state index in [1.807, 2.05) is 42.5 Å². The molecule has 162 valence electrons. The zero-order valence-electron chi connectivity index (χ0n) is 17.5. The van der Waals surface area contributed by atoms with Gasteiger partial charge in [0, 0.05) is 5.70 Å². The third-order valence-electron chi connectivity index (χ3n) is 5.73. The number of carboxylic acids is 1. The molecule has 6 nitrogen and oxygen atoms in total. The summed E-state index contributed by atoms with van der Waals surface area (Å²) in [6.07, 6.45) is 10.4. The molecular formula is C24H31NO5. The summed E-state index contributed by atoms with van der Waals surface area (Å²) >= 11 is 0. The van der Waals surface area contributed by atoms with Crippen LogP contribution in [-0.4, -0.2) is 37.0 Å². The minimum Gasteiger partial charge on any atom is -0.480 e. The highest BCUT2D eigenvalue weighted by atomic mass is 16.6. The molecule has 1 N–H and O–H groups in total. The molecule has 0 bridgehead atoms. The van der Waals surface area contributed by atoms with E-state index in [-0.39, 0.29) is 12.7 Å². The summed E-state index contributed by atoms with van der Waals surface area (Å²) in [5.74, 6) is 0.165. The van der Waals surface area contributed by atoms with Crippen LogP contribution in [0.1, 0.15) is 39.0 Å². The van der Waals surface area contributed by atoms with Gasteiger partial charge in [-0.2, -0.15) is 0 Å². The van der Waals surface area contributed by atoms with Crippen LogP contribution in [0.5, 0.6) is 0 Å². The SMILES string of the molecule is CC1C=CC=C(N(C(=O)OC[C@H]2CC[C@@H](COCC(=O)O)CC2)c2ccccc2)C1. The van der Waals surface area contributed by atoms with E-state index in [2.05, 4.69) is 13.0 Å². The Bertz CT molecular complexity index is 765. The Balaban J connectivity index is 1.52. The maximum absolute atomic E-state index is 13.0. The molecule has 2 aliphatic rings. The lowest BCUT2D eigenvalue weighted by Crippen LogP contribution is -2.33. The fraction of sp³-hybridized carbons (Fsp3) is 0.500. The number of allylic oxidation sites excluding steroid dienone is 4. The number of carboxylic acid groups (broad SMARTS) is 1. The predicted molar refractivity (Wildman–Crippen MR) is 115 cm³/mol. The van der Waals surface area contributed by atoms with Crippen molar-refractivity contribution in [3.8, 4) is 0 Å². The number of hydrogen-bond acceptors (Lipinski definition) is 4. The zero-order valence-corrected chi connectivity index (χ0v) is 17.5. The van der Waals surface area contributed by atoms with Crippen molar-refractivity contribution in [3.63, 3.8) is 0 Å². The summed E-state index contributed by atoms with van der Waals surface area (Å²) in [5, 5.41) is 8.66. The normalized spacial score (nSPS) is 23.5. The predicted octanol–water partition coefficient (Wildman–Crippen LogP) is 5.02. The maximum Gasteiger partial charge on any atom is 0.418 e. The number of ether oxygens (including phenoxy) is 2. The minimum atomic E-state index is -0.934. The van der Waals surface area contributed by atoms with E-state index in [1.165, 1.54) is 0 Å². The average Bonchev–Trinajstić information content (AvgIpc) is 2.74.